The van der Waals surface area contributed by atoms with E-state index < -0.39 is 5.97 Å². The fourth-order valence-electron chi connectivity index (χ4n) is 3.10. The molecule has 0 spiro atoms. The molecular weight excluding hydrogens is 260 g/mol. The highest BCUT2D eigenvalue weighted by Crippen LogP contribution is 2.41. The molecular formula is C14H20N2O2S. The Hall–Kier alpha value is -1.10. The van der Waals surface area contributed by atoms with E-state index in [1.54, 1.807) is 11.3 Å². The quantitative estimate of drug-likeness (QED) is 0.925. The van der Waals surface area contributed by atoms with Gasteiger partial charge in [-0.05, 0) is 31.1 Å². The van der Waals surface area contributed by atoms with Crippen LogP contribution in [0.4, 0.5) is 5.13 Å². The van der Waals surface area contributed by atoms with Gasteiger partial charge in [0.2, 0.25) is 0 Å². The highest BCUT2D eigenvalue weighted by molar-refractivity contribution is 7.15. The normalized spacial score (nSPS) is 26.2. The minimum Gasteiger partial charge on any atom is -0.481 e. The Bertz CT molecular complexity index is 498. The van der Waals surface area contributed by atoms with E-state index in [4.69, 9.17) is 0 Å². The Balaban J connectivity index is 1.78. The lowest BCUT2D eigenvalue weighted by atomic mass is 9.95. The zero-order valence-corrected chi connectivity index (χ0v) is 12.2. The van der Waals surface area contributed by atoms with Crippen LogP contribution in [0.3, 0.4) is 0 Å². The minimum atomic E-state index is -0.725. The average molecular weight is 280 g/mol. The van der Waals surface area contributed by atoms with Gasteiger partial charge in [-0.3, -0.25) is 4.79 Å². The zero-order chi connectivity index (χ0) is 13.6. The molecule has 1 aliphatic carbocycles. The Labute approximate surface area is 117 Å². The standard InChI is InChI=1S/C14H20N2O2S/c1-8(2)9-5-6-16(7-9)14-15-12-10(13(17)18)3-4-11(12)19-14/h8-10H,3-7H2,1-2H3,(H,17,18). The monoisotopic (exact) mass is 280 g/mol. The lowest BCUT2D eigenvalue weighted by Crippen LogP contribution is -2.21. The third-order valence-corrected chi connectivity index (χ3v) is 5.63. The number of carboxylic acid groups (broad SMARTS) is 1. The molecule has 104 valence electrons. The zero-order valence-electron chi connectivity index (χ0n) is 11.4. The van der Waals surface area contributed by atoms with E-state index in [2.05, 4.69) is 23.7 Å². The van der Waals surface area contributed by atoms with Crippen molar-refractivity contribution in [1.29, 1.82) is 0 Å². The van der Waals surface area contributed by atoms with Crippen LogP contribution in [0, 0.1) is 11.8 Å². The first-order chi connectivity index (χ1) is 9.06. The van der Waals surface area contributed by atoms with E-state index in [0.29, 0.717) is 5.92 Å². The number of aryl methyl sites for hydroxylation is 1. The van der Waals surface area contributed by atoms with Gasteiger partial charge in [0.05, 0.1) is 5.69 Å². The summed E-state index contributed by atoms with van der Waals surface area (Å²) in [5.74, 6) is 0.359. The lowest BCUT2D eigenvalue weighted by Gasteiger charge is -2.17. The second-order valence-corrected chi connectivity index (χ2v) is 7.04. The van der Waals surface area contributed by atoms with Crippen LogP contribution < -0.4 is 4.90 Å². The number of rotatable bonds is 3. The molecule has 3 rings (SSSR count). The summed E-state index contributed by atoms with van der Waals surface area (Å²) in [4.78, 5) is 19.4. The highest BCUT2D eigenvalue weighted by atomic mass is 32.1. The molecule has 2 atom stereocenters. The van der Waals surface area contributed by atoms with Crippen LogP contribution >= 0.6 is 11.3 Å². The number of nitrogens with zero attached hydrogens (tertiary/aromatic N) is 2. The van der Waals surface area contributed by atoms with Crippen LogP contribution in [-0.2, 0) is 11.2 Å². The van der Waals surface area contributed by atoms with Crippen LogP contribution in [0.15, 0.2) is 0 Å². The number of aliphatic carboxylic acids is 1. The smallest absolute Gasteiger partial charge is 0.312 e. The first kappa shape index (κ1) is 12.9. The van der Waals surface area contributed by atoms with E-state index in [0.717, 1.165) is 42.7 Å². The maximum absolute atomic E-state index is 11.2. The summed E-state index contributed by atoms with van der Waals surface area (Å²) in [6.45, 7) is 6.68. The summed E-state index contributed by atoms with van der Waals surface area (Å²) in [6, 6.07) is 0. The van der Waals surface area contributed by atoms with Gasteiger partial charge in [-0.1, -0.05) is 13.8 Å². The SMILES string of the molecule is CC(C)C1CCN(c2nc3c(s2)CCC3C(=O)O)C1. The number of carbonyl (C=O) groups is 1. The molecule has 1 aromatic heterocycles. The topological polar surface area (TPSA) is 53.4 Å². The molecule has 1 N–H and O–H groups in total. The number of anilines is 1. The number of carboxylic acids is 1. The summed E-state index contributed by atoms with van der Waals surface area (Å²) in [7, 11) is 0. The van der Waals surface area contributed by atoms with E-state index in [-0.39, 0.29) is 5.92 Å². The van der Waals surface area contributed by atoms with Crippen molar-refractivity contribution in [2.45, 2.75) is 39.0 Å². The number of fused-ring (bicyclic) bond motifs is 1. The van der Waals surface area contributed by atoms with Gasteiger partial charge in [-0.15, -0.1) is 11.3 Å². The second-order valence-electron chi connectivity index (χ2n) is 5.97. The molecule has 19 heavy (non-hydrogen) atoms. The maximum atomic E-state index is 11.2. The number of aromatic nitrogens is 1. The van der Waals surface area contributed by atoms with Crippen molar-refractivity contribution in [3.63, 3.8) is 0 Å². The van der Waals surface area contributed by atoms with Crippen molar-refractivity contribution in [1.82, 2.24) is 4.98 Å². The number of thiazole rings is 1. The molecule has 0 bridgehead atoms. The van der Waals surface area contributed by atoms with Crippen molar-refractivity contribution in [3.05, 3.63) is 10.6 Å². The van der Waals surface area contributed by atoms with E-state index in [1.807, 2.05) is 0 Å². The van der Waals surface area contributed by atoms with Gasteiger partial charge in [0.25, 0.3) is 0 Å². The van der Waals surface area contributed by atoms with E-state index >= 15 is 0 Å². The molecule has 2 aliphatic rings. The molecule has 1 aromatic rings. The fourth-order valence-corrected chi connectivity index (χ4v) is 4.27. The predicted molar refractivity (Wildman–Crippen MR) is 76.0 cm³/mol. The summed E-state index contributed by atoms with van der Waals surface area (Å²) in [6.07, 6.45) is 2.83. The van der Waals surface area contributed by atoms with Gasteiger partial charge >= 0.3 is 5.97 Å². The second kappa shape index (κ2) is 4.78. The van der Waals surface area contributed by atoms with E-state index in [1.165, 1.54) is 11.3 Å². The maximum Gasteiger partial charge on any atom is 0.312 e. The Morgan fingerprint density at radius 1 is 1.47 bits per heavy atom. The molecule has 0 aromatic carbocycles. The molecule has 5 heteroatoms. The third kappa shape index (κ3) is 2.24. The van der Waals surface area contributed by atoms with Gasteiger partial charge in [-0.25, -0.2) is 4.98 Å². The molecule has 1 saturated heterocycles. The minimum absolute atomic E-state index is 0.372. The largest absolute Gasteiger partial charge is 0.481 e. The molecule has 0 radical (unpaired) electrons. The summed E-state index contributed by atoms with van der Waals surface area (Å²) < 4.78 is 0. The number of hydrogen-bond acceptors (Lipinski definition) is 4. The Morgan fingerprint density at radius 3 is 2.89 bits per heavy atom. The van der Waals surface area contributed by atoms with E-state index in [9.17, 15) is 9.90 Å². The van der Waals surface area contributed by atoms with Crippen molar-refractivity contribution in [2.75, 3.05) is 18.0 Å². The fraction of sp³-hybridized carbons (Fsp3) is 0.714. The number of hydrogen-bond donors (Lipinski definition) is 1. The van der Waals surface area contributed by atoms with Gasteiger partial charge in [-0.2, -0.15) is 0 Å². The van der Waals surface area contributed by atoms with Gasteiger partial charge < -0.3 is 10.0 Å². The first-order valence-corrected chi connectivity index (χ1v) is 7.85. The highest BCUT2D eigenvalue weighted by Gasteiger charge is 2.34. The summed E-state index contributed by atoms with van der Waals surface area (Å²) in [5, 5.41) is 10.2. The molecule has 0 amide bonds. The molecule has 2 heterocycles. The van der Waals surface area contributed by atoms with Gasteiger partial charge in [0, 0.05) is 18.0 Å². The van der Waals surface area contributed by atoms with Crippen LogP contribution in [0.1, 0.15) is 43.2 Å². The summed E-state index contributed by atoms with van der Waals surface area (Å²) in [5.41, 5.74) is 0.834. The van der Waals surface area contributed by atoms with Crippen molar-refractivity contribution >= 4 is 22.4 Å². The van der Waals surface area contributed by atoms with Crippen molar-refractivity contribution in [3.8, 4) is 0 Å². The summed E-state index contributed by atoms with van der Waals surface area (Å²) >= 11 is 1.71. The van der Waals surface area contributed by atoms with Gasteiger partial charge in [0.1, 0.15) is 5.92 Å². The molecule has 0 saturated carbocycles. The molecule has 2 unspecified atom stereocenters. The predicted octanol–water partition coefficient (Wildman–Crippen LogP) is 2.74. The van der Waals surface area contributed by atoms with Gasteiger partial charge in [0.15, 0.2) is 5.13 Å². The molecule has 1 aliphatic heterocycles. The lowest BCUT2D eigenvalue weighted by molar-refractivity contribution is -0.138. The van der Waals surface area contributed by atoms with Crippen molar-refractivity contribution < 1.29 is 9.90 Å². The third-order valence-electron chi connectivity index (χ3n) is 4.44. The van der Waals surface area contributed by atoms with Crippen LogP contribution in [0.2, 0.25) is 0 Å². The van der Waals surface area contributed by atoms with Crippen LogP contribution in [0.5, 0.6) is 0 Å². The first-order valence-electron chi connectivity index (χ1n) is 7.03. The molecule has 4 nitrogen and oxygen atoms in total. The Kier molecular flexibility index (Phi) is 3.25. The van der Waals surface area contributed by atoms with Crippen molar-refractivity contribution in [2.24, 2.45) is 11.8 Å². The van der Waals surface area contributed by atoms with Crippen LogP contribution in [-0.4, -0.2) is 29.1 Å². The molecule has 1 fully saturated rings. The average Bonchev–Trinajstić information content (AvgIpc) is 3.02. The Morgan fingerprint density at radius 2 is 2.26 bits per heavy atom. The van der Waals surface area contributed by atoms with Crippen LogP contribution in [0.25, 0.3) is 0 Å².